The summed E-state index contributed by atoms with van der Waals surface area (Å²) in [5.41, 5.74) is 0. The van der Waals surface area contributed by atoms with Gasteiger partial charge in [0, 0.05) is 12.1 Å². The van der Waals surface area contributed by atoms with E-state index in [4.69, 9.17) is 88.6 Å². The van der Waals surface area contributed by atoms with Crippen LogP contribution in [0.4, 0.5) is 0 Å². The minimum absolute atomic E-state index is 0.0850. The van der Waals surface area contributed by atoms with Crippen LogP contribution in [-0.4, -0.2) is 31.2 Å². The van der Waals surface area contributed by atoms with Gasteiger partial charge in [0.1, 0.15) is 23.3 Å². The molecule has 0 amide bonds. The van der Waals surface area contributed by atoms with Crippen molar-refractivity contribution in [2.75, 3.05) is 13.2 Å². The molecule has 5 nitrogen and oxygen atoms in total. The molecule has 0 saturated heterocycles. The van der Waals surface area contributed by atoms with Crippen molar-refractivity contribution in [2.45, 2.75) is 12.2 Å². The molecule has 0 bridgehead atoms. The number of Topliss-reactive ketones (excluding diaryl/α,β-unsaturated/α-hetero) is 1. The fourth-order valence-electron chi connectivity index (χ4n) is 2.74. The summed E-state index contributed by atoms with van der Waals surface area (Å²) in [6.45, 7) is -0.170. The first-order valence-corrected chi connectivity index (χ1v) is 10.0. The van der Waals surface area contributed by atoms with E-state index < -0.39 is 18.0 Å². The van der Waals surface area contributed by atoms with Crippen LogP contribution in [0.3, 0.4) is 0 Å². The van der Waals surface area contributed by atoms with E-state index in [0.717, 1.165) is 0 Å². The topological polar surface area (TPSA) is 54.0 Å². The predicted molar refractivity (Wildman–Crippen MR) is 108 cm³/mol. The van der Waals surface area contributed by atoms with Crippen LogP contribution < -0.4 is 18.9 Å². The molecular weight excluding hydrogens is 497 g/mol. The number of carbonyl (C=O) groups excluding carboxylic acids is 1. The van der Waals surface area contributed by atoms with Crippen LogP contribution in [0.5, 0.6) is 23.0 Å². The summed E-state index contributed by atoms with van der Waals surface area (Å²) < 4.78 is 22.5. The molecule has 4 rings (SSSR count). The van der Waals surface area contributed by atoms with E-state index in [1.165, 1.54) is 12.1 Å². The minimum Gasteiger partial charge on any atom is -0.484 e. The van der Waals surface area contributed by atoms with Gasteiger partial charge in [-0.1, -0.05) is 69.6 Å². The van der Waals surface area contributed by atoms with Crippen LogP contribution in [0.2, 0.25) is 30.1 Å². The number of rotatable bonds is 2. The van der Waals surface area contributed by atoms with Crippen molar-refractivity contribution in [1.82, 2.24) is 0 Å². The van der Waals surface area contributed by atoms with Crippen molar-refractivity contribution in [3.8, 4) is 23.0 Å². The quantitative estimate of drug-likeness (QED) is 0.459. The zero-order chi connectivity index (χ0) is 20.2. The van der Waals surface area contributed by atoms with Gasteiger partial charge < -0.3 is 18.9 Å². The Morgan fingerprint density at radius 1 is 0.714 bits per heavy atom. The van der Waals surface area contributed by atoms with Gasteiger partial charge in [-0.2, -0.15) is 0 Å². The zero-order valence-electron chi connectivity index (χ0n) is 13.5. The molecule has 2 heterocycles. The molecular formula is C17H8Cl6O5. The summed E-state index contributed by atoms with van der Waals surface area (Å²) in [5, 5.41) is 0.862. The third kappa shape index (κ3) is 3.42. The van der Waals surface area contributed by atoms with Gasteiger partial charge in [0.15, 0.2) is 35.2 Å². The lowest BCUT2D eigenvalue weighted by Crippen LogP contribution is -2.48. The van der Waals surface area contributed by atoms with Gasteiger partial charge in [-0.25, -0.2) is 0 Å². The number of ether oxygens (including phenoxy) is 4. The zero-order valence-corrected chi connectivity index (χ0v) is 18.1. The molecule has 0 aromatic heterocycles. The fraction of sp³-hybridized carbons (Fsp3) is 0.235. The Kier molecular flexibility index (Phi) is 5.60. The number of carbonyl (C=O) groups is 1. The average Bonchev–Trinajstić information content (AvgIpc) is 2.69. The molecule has 0 aliphatic carbocycles. The molecule has 2 aromatic rings. The van der Waals surface area contributed by atoms with E-state index >= 15 is 0 Å². The second-order valence-electron chi connectivity index (χ2n) is 5.86. The normalized spacial score (nSPS) is 20.1. The summed E-state index contributed by atoms with van der Waals surface area (Å²) in [7, 11) is 0. The molecule has 0 fully saturated rings. The van der Waals surface area contributed by atoms with Gasteiger partial charge in [0.2, 0.25) is 5.78 Å². The maximum absolute atomic E-state index is 12.9. The average molecular weight is 505 g/mol. The van der Waals surface area contributed by atoms with Gasteiger partial charge in [-0.3, -0.25) is 4.79 Å². The van der Waals surface area contributed by atoms with Crippen molar-refractivity contribution in [3.63, 3.8) is 0 Å². The van der Waals surface area contributed by atoms with Crippen molar-refractivity contribution in [2.24, 2.45) is 0 Å². The van der Waals surface area contributed by atoms with E-state index in [1.54, 1.807) is 0 Å². The summed E-state index contributed by atoms with van der Waals surface area (Å²) in [5.74, 6) is 0.456. The number of ketones is 1. The second-order valence-corrected chi connectivity index (χ2v) is 8.19. The summed E-state index contributed by atoms with van der Waals surface area (Å²) in [6, 6.07) is 2.86. The first-order chi connectivity index (χ1) is 13.3. The first kappa shape index (κ1) is 20.3. The Labute approximate surface area is 189 Å². The Bertz CT molecular complexity index is 917. The maximum atomic E-state index is 12.9. The monoisotopic (exact) mass is 502 g/mol. The van der Waals surface area contributed by atoms with Crippen molar-refractivity contribution >= 4 is 75.4 Å². The lowest BCUT2D eigenvalue weighted by molar-refractivity contribution is -0.137. The number of benzene rings is 2. The SMILES string of the molecule is O=C(C1COc2c(cc(Cl)c(Cl)c2Cl)O1)C1COc2c(cc(Cl)c(Cl)c2Cl)O1. The molecule has 2 aliphatic rings. The highest BCUT2D eigenvalue weighted by molar-refractivity contribution is 6.49. The highest BCUT2D eigenvalue weighted by Crippen LogP contribution is 2.48. The van der Waals surface area contributed by atoms with Gasteiger partial charge in [-0.15, -0.1) is 0 Å². The molecule has 28 heavy (non-hydrogen) atoms. The largest absolute Gasteiger partial charge is 0.484 e. The molecule has 2 aromatic carbocycles. The van der Waals surface area contributed by atoms with Gasteiger partial charge >= 0.3 is 0 Å². The van der Waals surface area contributed by atoms with E-state index in [-0.39, 0.29) is 66.3 Å². The number of fused-ring (bicyclic) bond motifs is 2. The lowest BCUT2D eigenvalue weighted by Gasteiger charge is -2.31. The van der Waals surface area contributed by atoms with Crippen LogP contribution in [-0.2, 0) is 4.79 Å². The maximum Gasteiger partial charge on any atom is 0.220 e. The Balaban J connectivity index is 1.55. The number of hydrogen-bond donors (Lipinski definition) is 0. The van der Waals surface area contributed by atoms with Crippen molar-refractivity contribution in [3.05, 3.63) is 42.3 Å². The van der Waals surface area contributed by atoms with Crippen LogP contribution in [0.15, 0.2) is 12.1 Å². The summed E-state index contributed by atoms with van der Waals surface area (Å²) in [4.78, 5) is 12.9. The minimum atomic E-state index is -0.964. The summed E-state index contributed by atoms with van der Waals surface area (Å²) in [6.07, 6.45) is -1.93. The smallest absolute Gasteiger partial charge is 0.220 e. The molecule has 0 saturated carbocycles. The molecule has 11 heteroatoms. The molecule has 148 valence electrons. The highest BCUT2D eigenvalue weighted by atomic mass is 35.5. The highest BCUT2D eigenvalue weighted by Gasteiger charge is 2.38. The van der Waals surface area contributed by atoms with E-state index in [2.05, 4.69) is 0 Å². The van der Waals surface area contributed by atoms with Gasteiger partial charge in [0.05, 0.1) is 20.1 Å². The lowest BCUT2D eigenvalue weighted by atomic mass is 10.1. The summed E-state index contributed by atoms with van der Waals surface area (Å²) >= 11 is 36.2. The third-order valence-electron chi connectivity index (χ3n) is 4.10. The molecule has 2 atom stereocenters. The molecule has 2 unspecified atom stereocenters. The van der Waals surface area contributed by atoms with E-state index in [1.807, 2.05) is 0 Å². The van der Waals surface area contributed by atoms with Crippen LogP contribution in [0, 0.1) is 0 Å². The fourth-order valence-corrected chi connectivity index (χ4v) is 4.00. The third-order valence-corrected chi connectivity index (χ3v) is 6.59. The first-order valence-electron chi connectivity index (χ1n) is 7.75. The van der Waals surface area contributed by atoms with Crippen molar-refractivity contribution in [1.29, 1.82) is 0 Å². The van der Waals surface area contributed by atoms with Crippen LogP contribution in [0.25, 0.3) is 0 Å². The Hall–Kier alpha value is -0.950. The van der Waals surface area contributed by atoms with Crippen molar-refractivity contribution < 1.29 is 23.7 Å². The van der Waals surface area contributed by atoms with Crippen LogP contribution >= 0.6 is 69.6 Å². The molecule has 0 spiro atoms. The second kappa shape index (κ2) is 7.71. The Morgan fingerprint density at radius 2 is 1.11 bits per heavy atom. The Morgan fingerprint density at radius 3 is 1.50 bits per heavy atom. The molecule has 0 N–H and O–H groups in total. The molecule has 0 radical (unpaired) electrons. The molecule has 2 aliphatic heterocycles. The van der Waals surface area contributed by atoms with E-state index in [0.29, 0.717) is 0 Å². The van der Waals surface area contributed by atoms with Gasteiger partial charge in [0.25, 0.3) is 0 Å². The van der Waals surface area contributed by atoms with Crippen LogP contribution in [0.1, 0.15) is 0 Å². The van der Waals surface area contributed by atoms with E-state index in [9.17, 15) is 4.79 Å². The predicted octanol–water partition coefficient (Wildman–Crippen LogP) is 6.16. The number of halogens is 6. The van der Waals surface area contributed by atoms with Gasteiger partial charge in [-0.05, 0) is 0 Å². The number of hydrogen-bond acceptors (Lipinski definition) is 5. The standard InChI is InChI=1S/C17H8Cl6O5/c18-5-1-7-16(13(22)11(5)20)25-3-9(27-7)15(24)10-4-26-17-8(28-10)2-6(19)12(21)14(17)23/h1-2,9-10H,3-4H2.